The smallest absolute Gasteiger partial charge is 0.504 e. The first-order valence-corrected chi connectivity index (χ1v) is 4.99. The molecule has 0 radical (unpaired) electrons. The van der Waals surface area contributed by atoms with Gasteiger partial charge in [0.25, 0.3) is 0 Å². The SMILES string of the molecule is CC(C)(C)N1C=CN(c2[c-]ccnc2)[CH-]1.[Pt+2]. The van der Waals surface area contributed by atoms with Gasteiger partial charge in [0.15, 0.2) is 0 Å². The summed E-state index contributed by atoms with van der Waals surface area (Å²) in [4.78, 5) is 8.24. The third-order valence-electron chi connectivity index (χ3n) is 2.28. The van der Waals surface area contributed by atoms with Crippen molar-refractivity contribution in [3.63, 3.8) is 0 Å². The zero-order valence-corrected chi connectivity index (χ0v) is 11.9. The normalized spacial score (nSPS) is 15.2. The summed E-state index contributed by atoms with van der Waals surface area (Å²) < 4.78 is 0. The minimum Gasteiger partial charge on any atom is -0.504 e. The van der Waals surface area contributed by atoms with Crippen LogP contribution < -0.4 is 4.90 Å². The second-order valence-corrected chi connectivity index (χ2v) is 4.52. The quantitative estimate of drug-likeness (QED) is 0.680. The molecule has 0 bridgehead atoms. The van der Waals surface area contributed by atoms with Gasteiger partial charge >= 0.3 is 21.1 Å². The fraction of sp³-hybridized carbons (Fsp3) is 0.333. The van der Waals surface area contributed by atoms with E-state index in [2.05, 4.69) is 42.9 Å². The molecule has 0 aromatic carbocycles. The van der Waals surface area contributed by atoms with Crippen LogP contribution in [0.1, 0.15) is 20.8 Å². The second-order valence-electron chi connectivity index (χ2n) is 4.52. The van der Waals surface area contributed by atoms with Crippen molar-refractivity contribution in [3.8, 4) is 0 Å². The van der Waals surface area contributed by atoms with Gasteiger partial charge in [-0.2, -0.15) is 18.8 Å². The third-order valence-corrected chi connectivity index (χ3v) is 2.28. The van der Waals surface area contributed by atoms with E-state index < -0.39 is 0 Å². The van der Waals surface area contributed by atoms with E-state index in [0.29, 0.717) is 0 Å². The first kappa shape index (κ1) is 13.2. The van der Waals surface area contributed by atoms with Crippen LogP contribution in [0, 0.1) is 12.7 Å². The fourth-order valence-electron chi connectivity index (χ4n) is 1.35. The number of pyridine rings is 1. The van der Waals surface area contributed by atoms with Crippen LogP contribution >= 0.6 is 0 Å². The van der Waals surface area contributed by atoms with Crippen molar-refractivity contribution in [2.75, 3.05) is 4.90 Å². The summed E-state index contributed by atoms with van der Waals surface area (Å²) in [5, 5.41) is 0. The summed E-state index contributed by atoms with van der Waals surface area (Å²) in [6.07, 6.45) is 7.59. The van der Waals surface area contributed by atoms with Crippen molar-refractivity contribution in [3.05, 3.63) is 43.6 Å². The Bertz CT molecular complexity index is 356. The standard InChI is InChI=1S/C12H15N3.Pt/c1-12(2,3)15-8-7-14(10-15)11-5-4-6-13-9-11;/h4,6-10H,1-3H3;/q-2;+2. The van der Waals surface area contributed by atoms with Crippen LogP contribution in [0.15, 0.2) is 30.9 Å². The van der Waals surface area contributed by atoms with Crippen molar-refractivity contribution in [1.82, 2.24) is 9.88 Å². The average molecular weight is 396 g/mol. The van der Waals surface area contributed by atoms with Crippen molar-refractivity contribution < 1.29 is 21.1 Å². The molecule has 0 fully saturated rings. The Morgan fingerprint density at radius 1 is 1.31 bits per heavy atom. The average Bonchev–Trinajstić information content (AvgIpc) is 2.67. The van der Waals surface area contributed by atoms with E-state index in [9.17, 15) is 0 Å². The minimum atomic E-state index is 0. The molecule has 16 heavy (non-hydrogen) atoms. The maximum atomic E-state index is 4.07. The van der Waals surface area contributed by atoms with Gasteiger partial charge in [-0.15, -0.1) is 0 Å². The Hall–Kier alpha value is -0.822. The van der Waals surface area contributed by atoms with Crippen molar-refractivity contribution in [1.29, 1.82) is 0 Å². The second kappa shape index (κ2) is 5.01. The summed E-state index contributed by atoms with van der Waals surface area (Å²) in [5.74, 6) is 0. The van der Waals surface area contributed by atoms with Gasteiger partial charge in [0.1, 0.15) is 0 Å². The van der Waals surface area contributed by atoms with Gasteiger partial charge in [0.2, 0.25) is 0 Å². The van der Waals surface area contributed by atoms with Gasteiger partial charge in [-0.1, -0.05) is 18.1 Å². The van der Waals surface area contributed by atoms with E-state index in [1.54, 1.807) is 12.4 Å². The summed E-state index contributed by atoms with van der Waals surface area (Å²) >= 11 is 0. The van der Waals surface area contributed by atoms with Gasteiger partial charge in [-0.3, -0.25) is 0 Å². The Morgan fingerprint density at radius 2 is 2.06 bits per heavy atom. The number of hydrogen-bond donors (Lipinski definition) is 0. The molecular weight excluding hydrogens is 381 g/mol. The van der Waals surface area contributed by atoms with E-state index in [1.165, 1.54) is 0 Å². The van der Waals surface area contributed by atoms with Crippen molar-refractivity contribution >= 4 is 5.69 Å². The molecule has 0 unspecified atom stereocenters. The zero-order valence-electron chi connectivity index (χ0n) is 9.62. The van der Waals surface area contributed by atoms with E-state index >= 15 is 0 Å². The molecule has 0 saturated carbocycles. The van der Waals surface area contributed by atoms with E-state index in [0.717, 1.165) is 5.69 Å². The van der Waals surface area contributed by atoms with Crippen LogP contribution in [-0.4, -0.2) is 15.4 Å². The molecule has 4 heteroatoms. The molecule has 1 aromatic rings. The Morgan fingerprint density at radius 3 is 2.56 bits per heavy atom. The van der Waals surface area contributed by atoms with E-state index in [4.69, 9.17) is 0 Å². The first-order valence-electron chi connectivity index (χ1n) is 4.99. The molecule has 0 spiro atoms. The Kier molecular flexibility index (Phi) is 4.14. The summed E-state index contributed by atoms with van der Waals surface area (Å²) in [6, 6.07) is 4.95. The molecule has 0 aliphatic carbocycles. The Balaban J connectivity index is 0.00000128. The van der Waals surface area contributed by atoms with Gasteiger partial charge in [0, 0.05) is 5.54 Å². The number of nitrogens with zero attached hydrogens (tertiary/aromatic N) is 3. The van der Waals surface area contributed by atoms with Gasteiger partial charge in [-0.05, 0) is 33.2 Å². The van der Waals surface area contributed by atoms with Gasteiger partial charge < -0.3 is 14.8 Å². The van der Waals surface area contributed by atoms with Gasteiger partial charge in [-0.25, -0.2) is 0 Å². The maximum absolute atomic E-state index is 4.07. The number of anilines is 1. The molecule has 1 aromatic heterocycles. The molecule has 0 saturated heterocycles. The molecule has 2 rings (SSSR count). The van der Waals surface area contributed by atoms with Crippen molar-refractivity contribution in [2.45, 2.75) is 26.3 Å². The number of hydrogen-bond acceptors (Lipinski definition) is 3. The predicted molar refractivity (Wildman–Crippen MR) is 60.6 cm³/mol. The largest absolute Gasteiger partial charge is 2.00 e. The van der Waals surface area contributed by atoms with Gasteiger partial charge in [0.05, 0.1) is 0 Å². The topological polar surface area (TPSA) is 19.4 Å². The van der Waals surface area contributed by atoms with Crippen LogP contribution in [0.5, 0.6) is 0 Å². The maximum Gasteiger partial charge on any atom is 2.00 e. The summed E-state index contributed by atoms with van der Waals surface area (Å²) in [5.41, 5.74) is 1.06. The first-order chi connectivity index (χ1) is 7.07. The van der Waals surface area contributed by atoms with E-state index in [1.807, 2.05) is 23.8 Å². The molecular formula is C12H15N3Pt. The Labute approximate surface area is 111 Å². The van der Waals surface area contributed by atoms with Crippen LogP contribution in [0.25, 0.3) is 0 Å². The third kappa shape index (κ3) is 2.85. The molecule has 1 aliphatic heterocycles. The van der Waals surface area contributed by atoms with Crippen LogP contribution in [0.2, 0.25) is 0 Å². The molecule has 0 N–H and O–H groups in total. The molecule has 0 amide bonds. The minimum absolute atomic E-state index is 0. The molecule has 88 valence electrons. The van der Waals surface area contributed by atoms with Crippen LogP contribution in [0.3, 0.4) is 0 Å². The summed E-state index contributed by atoms with van der Waals surface area (Å²) in [7, 11) is 0. The predicted octanol–water partition coefficient (Wildman–Crippen LogP) is 2.39. The van der Waals surface area contributed by atoms with Crippen molar-refractivity contribution in [2.24, 2.45) is 0 Å². The molecule has 3 nitrogen and oxygen atoms in total. The van der Waals surface area contributed by atoms with E-state index in [-0.39, 0.29) is 26.6 Å². The molecule has 1 aliphatic rings. The molecule has 2 heterocycles. The fourth-order valence-corrected chi connectivity index (χ4v) is 1.35. The number of rotatable bonds is 1. The monoisotopic (exact) mass is 396 g/mol. The number of aromatic nitrogens is 1. The van der Waals surface area contributed by atoms with Crippen LogP contribution in [0.4, 0.5) is 5.69 Å². The summed E-state index contributed by atoms with van der Waals surface area (Å²) in [6.45, 7) is 8.56. The zero-order chi connectivity index (χ0) is 10.9. The van der Waals surface area contributed by atoms with Crippen LogP contribution in [-0.2, 0) is 21.1 Å². The molecule has 0 atom stereocenters.